The Hall–Kier alpha value is -5.41. The van der Waals surface area contributed by atoms with Crippen LogP contribution in [0.1, 0.15) is 47.6 Å². The van der Waals surface area contributed by atoms with E-state index in [1.807, 2.05) is 0 Å². The van der Waals surface area contributed by atoms with Gasteiger partial charge in [-0.3, -0.25) is 19.2 Å². The molecule has 0 aliphatic heterocycles. The molecule has 5 aromatic rings. The SMILES string of the molecule is COc1c(O)c2c(=O)cc(CO)c3c4c(CO)cc(=O)c5c(NC(CO)C(=O)O)c(CC(CO)C(=O)O)c6c(c(c1C(C(C)=O)C(C)=C6)c23)c54. The van der Waals surface area contributed by atoms with Crippen LogP contribution in [0.15, 0.2) is 27.3 Å². The number of benzene rings is 5. The van der Waals surface area contributed by atoms with Crippen LogP contribution in [0.25, 0.3) is 49.2 Å². The first-order valence-electron chi connectivity index (χ1n) is 15.6. The fraction of sp³-hybridized carbons (Fsp3) is 0.306. The van der Waals surface area contributed by atoms with Crippen molar-refractivity contribution in [2.24, 2.45) is 5.92 Å². The summed E-state index contributed by atoms with van der Waals surface area (Å²) < 4.78 is 5.68. The number of aliphatic carboxylic acids is 2. The Labute approximate surface area is 281 Å². The zero-order valence-corrected chi connectivity index (χ0v) is 27.1. The number of ketones is 1. The van der Waals surface area contributed by atoms with E-state index in [1.165, 1.54) is 14.0 Å². The number of ether oxygens (including phenoxy) is 1. The fourth-order valence-electron chi connectivity index (χ4n) is 7.72. The molecular formula is C36H33NO13. The van der Waals surface area contributed by atoms with Gasteiger partial charge in [0, 0.05) is 16.3 Å². The van der Waals surface area contributed by atoms with Crippen molar-refractivity contribution >= 4 is 72.6 Å². The van der Waals surface area contributed by atoms with Gasteiger partial charge in [0.25, 0.3) is 0 Å². The van der Waals surface area contributed by atoms with E-state index < -0.39 is 85.1 Å². The summed E-state index contributed by atoms with van der Waals surface area (Å²) in [5.41, 5.74) is -0.748. The van der Waals surface area contributed by atoms with Gasteiger partial charge >= 0.3 is 11.9 Å². The van der Waals surface area contributed by atoms with Gasteiger partial charge in [0.15, 0.2) is 22.4 Å². The minimum atomic E-state index is -1.70. The number of carboxylic acid groups (broad SMARTS) is 2. The van der Waals surface area contributed by atoms with Crippen molar-refractivity contribution in [1.29, 1.82) is 0 Å². The van der Waals surface area contributed by atoms with Gasteiger partial charge in [-0.1, -0.05) is 11.6 Å². The quantitative estimate of drug-likeness (QED) is 0.0688. The first-order valence-corrected chi connectivity index (χ1v) is 15.6. The fourth-order valence-corrected chi connectivity index (χ4v) is 7.72. The predicted octanol–water partition coefficient (Wildman–Crippen LogP) is 1.78. The lowest BCUT2D eigenvalue weighted by Gasteiger charge is -2.27. The molecule has 0 bridgehead atoms. The number of aliphatic hydroxyl groups excluding tert-OH is 4. The summed E-state index contributed by atoms with van der Waals surface area (Å²) in [6.45, 7) is -0.300. The number of allylic oxidation sites excluding steroid dienone is 1. The molecule has 260 valence electrons. The van der Waals surface area contributed by atoms with Crippen LogP contribution in [-0.2, 0) is 34.0 Å². The monoisotopic (exact) mass is 687 g/mol. The van der Waals surface area contributed by atoms with Crippen molar-refractivity contribution in [3.8, 4) is 11.5 Å². The van der Waals surface area contributed by atoms with Crippen molar-refractivity contribution in [3.63, 3.8) is 0 Å². The lowest BCUT2D eigenvalue weighted by Crippen LogP contribution is -2.34. The number of hydrogen-bond donors (Lipinski definition) is 8. The van der Waals surface area contributed by atoms with Crippen molar-refractivity contribution < 1.29 is 54.9 Å². The smallest absolute Gasteiger partial charge is 0.328 e. The Morgan fingerprint density at radius 3 is 1.88 bits per heavy atom. The van der Waals surface area contributed by atoms with Crippen LogP contribution in [0.2, 0.25) is 0 Å². The number of carbonyl (C=O) groups is 3. The number of aromatic hydroxyl groups is 1. The number of anilines is 1. The number of phenolic OH excluding ortho intramolecular Hbond substituents is 1. The molecule has 0 saturated carbocycles. The van der Waals surface area contributed by atoms with E-state index in [1.54, 1.807) is 13.0 Å². The highest BCUT2D eigenvalue weighted by molar-refractivity contribution is 6.39. The maximum Gasteiger partial charge on any atom is 0.328 e. The van der Waals surface area contributed by atoms with E-state index in [9.17, 15) is 59.7 Å². The van der Waals surface area contributed by atoms with Gasteiger partial charge in [0.2, 0.25) is 0 Å². The van der Waals surface area contributed by atoms with Crippen LogP contribution in [0.3, 0.4) is 0 Å². The second-order valence-electron chi connectivity index (χ2n) is 12.5. The van der Waals surface area contributed by atoms with E-state index in [0.29, 0.717) is 5.57 Å². The molecule has 0 amide bonds. The summed E-state index contributed by atoms with van der Waals surface area (Å²) >= 11 is 0. The molecule has 3 atom stereocenters. The Morgan fingerprint density at radius 1 is 0.820 bits per heavy atom. The van der Waals surface area contributed by atoms with Gasteiger partial charge in [-0.15, -0.1) is 0 Å². The molecule has 0 radical (unpaired) electrons. The lowest BCUT2D eigenvalue weighted by atomic mass is 9.78. The maximum absolute atomic E-state index is 14.2. The number of phenols is 1. The average molecular weight is 688 g/mol. The van der Waals surface area contributed by atoms with Gasteiger partial charge < -0.3 is 45.8 Å². The van der Waals surface area contributed by atoms with Crippen LogP contribution in [0.4, 0.5) is 5.69 Å². The molecule has 1 aliphatic carbocycles. The van der Waals surface area contributed by atoms with Crippen LogP contribution in [0.5, 0.6) is 11.5 Å². The zero-order chi connectivity index (χ0) is 36.5. The largest absolute Gasteiger partial charge is 0.504 e. The van der Waals surface area contributed by atoms with Crippen LogP contribution in [0, 0.1) is 5.92 Å². The number of aliphatic hydroxyl groups is 4. The van der Waals surface area contributed by atoms with Crippen LogP contribution >= 0.6 is 0 Å². The topological polar surface area (TPSA) is 248 Å². The summed E-state index contributed by atoms with van der Waals surface area (Å²) in [6, 6.07) is 0.502. The standard InChI is InChI=1S/C36H33NO13/c1-12-4-17-18(5-16(10-40)35(46)47)32(37-19(11-41)36(48)49)26-20(43)6-14(8-38)23-24-15(9-39)7-21(44)27-29(24)30(25(17)28(23)26)31(22(12)13(2)42)34(50-3)33(27)45/h4,6-7,16,19,22,37-41,45H,5,8-11H2,1-3H3,(H,46,47)(H,48,49). The van der Waals surface area contributed by atoms with Crippen molar-refractivity contribution in [1.82, 2.24) is 0 Å². The summed E-state index contributed by atoms with van der Waals surface area (Å²) in [5.74, 6) is -6.72. The lowest BCUT2D eigenvalue weighted by molar-refractivity contribution is -0.143. The number of rotatable bonds is 12. The third kappa shape index (κ3) is 4.75. The Balaban J connectivity index is 2.11. The number of nitrogens with one attached hydrogen (secondary N) is 1. The van der Waals surface area contributed by atoms with Gasteiger partial charge in [-0.2, -0.15) is 0 Å². The van der Waals surface area contributed by atoms with E-state index in [-0.39, 0.29) is 82.3 Å². The average Bonchev–Trinajstić information content (AvgIpc) is 3.20. The normalized spacial score (nSPS) is 15.5. The molecule has 8 N–H and O–H groups in total. The third-order valence-corrected chi connectivity index (χ3v) is 9.74. The second-order valence-corrected chi connectivity index (χ2v) is 12.5. The minimum absolute atomic E-state index is 0.0484. The minimum Gasteiger partial charge on any atom is -0.504 e. The van der Waals surface area contributed by atoms with E-state index in [4.69, 9.17) is 4.74 Å². The molecule has 6 rings (SSSR count). The highest BCUT2D eigenvalue weighted by atomic mass is 16.5. The maximum atomic E-state index is 14.2. The van der Waals surface area contributed by atoms with Crippen molar-refractivity contribution in [2.45, 2.75) is 45.4 Å². The summed E-state index contributed by atoms with van der Waals surface area (Å²) in [7, 11) is 1.24. The van der Waals surface area contributed by atoms with Crippen LogP contribution < -0.4 is 20.9 Å². The van der Waals surface area contributed by atoms with Crippen molar-refractivity contribution in [3.05, 3.63) is 66.0 Å². The number of fused-ring (bicyclic) bond motifs is 1. The highest BCUT2D eigenvalue weighted by Crippen LogP contribution is 2.56. The predicted molar refractivity (Wildman–Crippen MR) is 183 cm³/mol. The number of Topliss-reactive ketones (excluding diaryl/α,β-unsaturated/α-hetero) is 1. The molecule has 0 aromatic heterocycles. The molecule has 5 aromatic carbocycles. The highest BCUT2D eigenvalue weighted by Gasteiger charge is 2.38. The molecule has 3 unspecified atom stereocenters. The summed E-state index contributed by atoms with van der Waals surface area (Å²) in [6.07, 6.45) is 1.09. The van der Waals surface area contributed by atoms with Gasteiger partial charge in [-0.05, 0) is 76.2 Å². The molecule has 50 heavy (non-hydrogen) atoms. The van der Waals surface area contributed by atoms with Crippen LogP contribution in [-0.4, -0.2) is 79.8 Å². The zero-order valence-electron chi connectivity index (χ0n) is 27.1. The third-order valence-electron chi connectivity index (χ3n) is 9.74. The summed E-state index contributed by atoms with van der Waals surface area (Å²) in [5, 5.41) is 76.3. The second kappa shape index (κ2) is 12.5. The number of carboxylic acids is 2. The first kappa shape index (κ1) is 34.5. The number of hydrogen-bond acceptors (Lipinski definition) is 12. The number of carbonyl (C=O) groups excluding carboxylic acids is 1. The molecular weight excluding hydrogens is 654 g/mol. The van der Waals surface area contributed by atoms with Gasteiger partial charge in [0.1, 0.15) is 11.8 Å². The summed E-state index contributed by atoms with van der Waals surface area (Å²) in [4.78, 5) is 66.1. The Morgan fingerprint density at radius 2 is 1.40 bits per heavy atom. The number of methoxy groups -OCH3 is 1. The molecule has 0 fully saturated rings. The molecule has 14 nitrogen and oxygen atoms in total. The molecule has 1 aliphatic rings. The van der Waals surface area contributed by atoms with E-state index in [2.05, 4.69) is 5.32 Å². The van der Waals surface area contributed by atoms with E-state index >= 15 is 0 Å². The van der Waals surface area contributed by atoms with Crippen molar-refractivity contribution in [2.75, 3.05) is 25.6 Å². The Kier molecular flexibility index (Phi) is 8.60. The van der Waals surface area contributed by atoms with Gasteiger partial charge in [0.05, 0.1) is 61.8 Å². The van der Waals surface area contributed by atoms with Gasteiger partial charge in [-0.25, -0.2) is 4.79 Å². The molecule has 14 heteroatoms. The Bertz CT molecular complexity index is 2430. The van der Waals surface area contributed by atoms with E-state index in [0.717, 1.165) is 12.1 Å². The molecule has 0 heterocycles. The first-order chi connectivity index (χ1) is 23.8. The molecule has 0 spiro atoms. The molecule has 0 saturated heterocycles.